The molecule has 0 saturated carbocycles. The summed E-state index contributed by atoms with van der Waals surface area (Å²) in [6.07, 6.45) is 1.84. The first-order valence-electron chi connectivity index (χ1n) is 6.38. The lowest BCUT2D eigenvalue weighted by Gasteiger charge is -2.16. The zero-order valence-electron chi connectivity index (χ0n) is 10.7. The molecule has 0 saturated heterocycles. The van der Waals surface area contributed by atoms with Crippen molar-refractivity contribution in [1.82, 2.24) is 14.9 Å². The first kappa shape index (κ1) is 12.3. The van der Waals surface area contributed by atoms with Crippen LogP contribution in [0.15, 0.2) is 48.7 Å². The maximum absolute atomic E-state index is 3.96. The Morgan fingerprint density at radius 3 is 2.74 bits per heavy atom. The molecule has 0 fully saturated rings. The second-order valence-electron chi connectivity index (χ2n) is 4.42. The van der Waals surface area contributed by atoms with Gasteiger partial charge in [-0.2, -0.15) is 0 Å². The van der Waals surface area contributed by atoms with Crippen LogP contribution in [0.2, 0.25) is 0 Å². The normalized spacial score (nSPS) is 12.7. The Bertz CT molecular complexity index is 664. The van der Waals surface area contributed by atoms with Crippen molar-refractivity contribution in [3.05, 3.63) is 59.1 Å². The van der Waals surface area contributed by atoms with E-state index in [-0.39, 0.29) is 6.04 Å². The number of rotatable bonds is 4. The van der Waals surface area contributed by atoms with Crippen molar-refractivity contribution < 1.29 is 0 Å². The summed E-state index contributed by atoms with van der Waals surface area (Å²) < 4.78 is 3.96. The van der Waals surface area contributed by atoms with Crippen molar-refractivity contribution in [3.8, 4) is 0 Å². The van der Waals surface area contributed by atoms with Gasteiger partial charge in [-0.25, -0.2) is 0 Å². The summed E-state index contributed by atoms with van der Waals surface area (Å²) in [4.78, 5) is 1.15. The highest BCUT2D eigenvalue weighted by Gasteiger charge is 2.15. The van der Waals surface area contributed by atoms with Crippen molar-refractivity contribution >= 4 is 22.3 Å². The highest BCUT2D eigenvalue weighted by atomic mass is 32.1. The smallest absolute Gasteiger partial charge is 0.0703 e. The number of benzene rings is 2. The molecule has 0 aliphatic rings. The molecule has 1 unspecified atom stereocenters. The molecule has 2 aromatic carbocycles. The zero-order chi connectivity index (χ0) is 13.1. The fourth-order valence-corrected chi connectivity index (χ4v) is 2.88. The minimum absolute atomic E-state index is 0.176. The van der Waals surface area contributed by atoms with Crippen LogP contribution >= 0.6 is 11.5 Å². The minimum Gasteiger partial charge on any atom is -0.306 e. The Hall–Kier alpha value is -1.78. The summed E-state index contributed by atoms with van der Waals surface area (Å²) in [5, 5.41) is 9.97. The first-order valence-corrected chi connectivity index (χ1v) is 7.15. The topological polar surface area (TPSA) is 37.8 Å². The summed E-state index contributed by atoms with van der Waals surface area (Å²) in [7, 11) is 0. The number of hydrogen-bond acceptors (Lipinski definition) is 4. The van der Waals surface area contributed by atoms with E-state index in [0.717, 1.165) is 11.4 Å². The van der Waals surface area contributed by atoms with Gasteiger partial charge in [0.05, 0.1) is 17.1 Å². The molecule has 0 radical (unpaired) electrons. The Kier molecular flexibility index (Phi) is 3.53. The van der Waals surface area contributed by atoms with Crippen molar-refractivity contribution in [1.29, 1.82) is 0 Å². The molecule has 4 heteroatoms. The summed E-state index contributed by atoms with van der Waals surface area (Å²) in [6.45, 7) is 3.03. The van der Waals surface area contributed by atoms with Crippen LogP contribution in [0.1, 0.15) is 23.4 Å². The van der Waals surface area contributed by atoms with Crippen LogP contribution in [-0.4, -0.2) is 16.1 Å². The van der Waals surface area contributed by atoms with Gasteiger partial charge < -0.3 is 5.32 Å². The van der Waals surface area contributed by atoms with E-state index in [1.54, 1.807) is 0 Å². The van der Waals surface area contributed by atoms with Crippen molar-refractivity contribution in [2.45, 2.75) is 13.0 Å². The van der Waals surface area contributed by atoms with Crippen LogP contribution in [0.25, 0.3) is 10.8 Å². The Labute approximate surface area is 116 Å². The molecule has 3 rings (SSSR count). The van der Waals surface area contributed by atoms with E-state index in [0.29, 0.717) is 0 Å². The molecular weight excluding hydrogens is 254 g/mol. The van der Waals surface area contributed by atoms with Gasteiger partial charge in [-0.05, 0) is 40.5 Å². The summed E-state index contributed by atoms with van der Waals surface area (Å²) >= 11 is 1.45. The van der Waals surface area contributed by atoms with Gasteiger partial charge in [0, 0.05) is 0 Å². The van der Waals surface area contributed by atoms with Gasteiger partial charge in [-0.15, -0.1) is 5.10 Å². The molecule has 1 atom stereocenters. The van der Waals surface area contributed by atoms with Crippen LogP contribution in [0.5, 0.6) is 0 Å². The van der Waals surface area contributed by atoms with E-state index in [1.807, 2.05) is 6.20 Å². The largest absolute Gasteiger partial charge is 0.306 e. The quantitative estimate of drug-likeness (QED) is 0.789. The van der Waals surface area contributed by atoms with Crippen molar-refractivity contribution in [2.75, 3.05) is 6.54 Å². The lowest BCUT2D eigenvalue weighted by molar-refractivity contribution is 0.639. The van der Waals surface area contributed by atoms with Crippen LogP contribution in [0, 0.1) is 0 Å². The van der Waals surface area contributed by atoms with Crippen LogP contribution in [0.3, 0.4) is 0 Å². The van der Waals surface area contributed by atoms with E-state index < -0.39 is 0 Å². The molecule has 0 aliphatic carbocycles. The van der Waals surface area contributed by atoms with Gasteiger partial charge in [-0.1, -0.05) is 47.8 Å². The van der Waals surface area contributed by atoms with Gasteiger partial charge in [0.25, 0.3) is 0 Å². The molecule has 0 spiro atoms. The number of nitrogens with zero attached hydrogens (tertiary/aromatic N) is 2. The van der Waals surface area contributed by atoms with E-state index in [2.05, 4.69) is 64.3 Å². The average molecular weight is 269 g/mol. The maximum atomic E-state index is 3.96. The average Bonchev–Trinajstić information content (AvgIpc) is 2.98. The van der Waals surface area contributed by atoms with Crippen molar-refractivity contribution in [3.63, 3.8) is 0 Å². The van der Waals surface area contributed by atoms with Gasteiger partial charge in [0.2, 0.25) is 0 Å². The highest BCUT2D eigenvalue weighted by Crippen LogP contribution is 2.26. The van der Waals surface area contributed by atoms with Gasteiger partial charge in [0.1, 0.15) is 0 Å². The third-order valence-corrected chi connectivity index (χ3v) is 3.91. The molecule has 1 aromatic heterocycles. The summed E-state index contributed by atoms with van der Waals surface area (Å²) in [5.41, 5.74) is 1.26. The number of hydrogen-bond donors (Lipinski definition) is 1. The molecule has 19 heavy (non-hydrogen) atoms. The second-order valence-corrected chi connectivity index (χ2v) is 5.23. The molecule has 3 aromatic rings. The van der Waals surface area contributed by atoms with Gasteiger partial charge >= 0.3 is 0 Å². The Balaban J connectivity index is 2.05. The van der Waals surface area contributed by atoms with Crippen molar-refractivity contribution in [2.24, 2.45) is 0 Å². The van der Waals surface area contributed by atoms with E-state index in [1.165, 1.54) is 27.9 Å². The molecule has 1 heterocycles. The summed E-state index contributed by atoms with van der Waals surface area (Å²) in [6, 6.07) is 15.2. The SMILES string of the molecule is CCNC(c1ccc2ccccc2c1)c1cnns1. The van der Waals surface area contributed by atoms with E-state index in [4.69, 9.17) is 0 Å². The minimum atomic E-state index is 0.176. The predicted molar refractivity (Wildman–Crippen MR) is 79.4 cm³/mol. The lowest BCUT2D eigenvalue weighted by Crippen LogP contribution is -2.21. The summed E-state index contributed by atoms with van der Waals surface area (Å²) in [5.74, 6) is 0. The lowest BCUT2D eigenvalue weighted by atomic mass is 10.0. The molecule has 0 bridgehead atoms. The third-order valence-electron chi connectivity index (χ3n) is 3.18. The van der Waals surface area contributed by atoms with E-state index in [9.17, 15) is 0 Å². The Morgan fingerprint density at radius 2 is 2.00 bits per heavy atom. The number of aromatic nitrogens is 2. The monoisotopic (exact) mass is 269 g/mol. The first-order chi connectivity index (χ1) is 9.38. The number of nitrogens with one attached hydrogen (secondary N) is 1. The van der Waals surface area contributed by atoms with Crippen LogP contribution < -0.4 is 5.32 Å². The van der Waals surface area contributed by atoms with Crippen LogP contribution in [0.4, 0.5) is 0 Å². The maximum Gasteiger partial charge on any atom is 0.0703 e. The highest BCUT2D eigenvalue weighted by molar-refractivity contribution is 7.05. The fourth-order valence-electron chi connectivity index (χ4n) is 2.28. The van der Waals surface area contributed by atoms with Crippen LogP contribution in [-0.2, 0) is 0 Å². The molecule has 96 valence electrons. The van der Waals surface area contributed by atoms with E-state index >= 15 is 0 Å². The molecule has 0 aliphatic heterocycles. The van der Waals surface area contributed by atoms with Gasteiger partial charge in [0.15, 0.2) is 0 Å². The fraction of sp³-hybridized carbons (Fsp3) is 0.200. The van der Waals surface area contributed by atoms with Gasteiger partial charge in [-0.3, -0.25) is 0 Å². The molecular formula is C15H15N3S. The number of fused-ring (bicyclic) bond motifs is 1. The molecule has 0 amide bonds. The predicted octanol–water partition coefficient (Wildman–Crippen LogP) is 3.39. The Morgan fingerprint density at radius 1 is 1.16 bits per heavy atom. The zero-order valence-corrected chi connectivity index (χ0v) is 11.5. The molecule has 3 nitrogen and oxygen atoms in total. The standard InChI is InChI=1S/C15H15N3S/c1-2-16-15(14-10-17-18-19-14)13-8-7-11-5-3-4-6-12(11)9-13/h3-10,15-16H,2H2,1H3. The third kappa shape index (κ3) is 2.50. The molecule has 1 N–H and O–H groups in total. The second kappa shape index (κ2) is 5.47.